The molecule has 6 heteroatoms. The summed E-state index contributed by atoms with van der Waals surface area (Å²) in [6.45, 7) is 6.29. The minimum atomic E-state index is -0.815. The maximum atomic E-state index is 12.8. The Kier molecular flexibility index (Phi) is 49.6. The Labute approximate surface area is 405 Å². The van der Waals surface area contributed by atoms with Crippen LogP contribution < -0.4 is 0 Å². The molecule has 0 aromatic rings. The van der Waals surface area contributed by atoms with Crippen LogP contribution in [0.3, 0.4) is 0 Å². The van der Waals surface area contributed by atoms with E-state index in [0.717, 1.165) is 128 Å². The molecule has 0 aromatic carbocycles. The molecule has 0 aliphatic carbocycles. The first-order valence-corrected chi connectivity index (χ1v) is 26.2. The number of carbonyl (C=O) groups is 3. The standard InChI is InChI=1S/C60H94O6/c1-4-7-10-13-16-19-21-23-25-26-27-28-29-30-31-32-33-34-36-37-39-41-44-47-50-53-59(62)65-56-57(55-64-58(61)52-49-46-43-18-15-12-9-6-3)66-60(63)54-51-48-45-42-40-38-35-24-22-20-17-14-11-8-5-2/h7-8,10-11,16-17,19-20,23-25,27-28,30-31,33-35,37,39-40,42,57H,4-6,9,12-15,18,21-22,26,29,32,36,38,41,43-56H2,1-3H3/b10-7-,11-8-,19-16-,20-17-,25-23-,28-27-,31-30-,34-33-,35-24-,39-37-,42-40-. The Morgan fingerprint density at radius 1 is 0.318 bits per heavy atom. The van der Waals surface area contributed by atoms with E-state index in [2.05, 4.69) is 154 Å². The Hall–Kier alpha value is -4.45. The number of carbonyl (C=O) groups excluding carboxylic acids is 3. The van der Waals surface area contributed by atoms with Gasteiger partial charge in [-0.05, 0) is 116 Å². The van der Waals surface area contributed by atoms with Gasteiger partial charge in [-0.1, -0.05) is 206 Å². The molecule has 66 heavy (non-hydrogen) atoms. The minimum Gasteiger partial charge on any atom is -0.462 e. The lowest BCUT2D eigenvalue weighted by atomic mass is 10.1. The molecule has 0 radical (unpaired) electrons. The molecule has 0 rings (SSSR count). The molecule has 1 atom stereocenters. The van der Waals surface area contributed by atoms with Crippen LogP contribution in [-0.4, -0.2) is 37.2 Å². The van der Waals surface area contributed by atoms with E-state index in [1.807, 2.05) is 0 Å². The zero-order chi connectivity index (χ0) is 47.9. The quantitative estimate of drug-likeness (QED) is 0.0262. The highest BCUT2D eigenvalue weighted by Gasteiger charge is 2.19. The Balaban J connectivity index is 4.41. The average Bonchev–Trinajstić information content (AvgIpc) is 3.31. The Morgan fingerprint density at radius 2 is 0.591 bits per heavy atom. The van der Waals surface area contributed by atoms with E-state index in [1.54, 1.807) is 0 Å². The molecule has 370 valence electrons. The lowest BCUT2D eigenvalue weighted by Crippen LogP contribution is -2.30. The van der Waals surface area contributed by atoms with Crippen LogP contribution in [0.15, 0.2) is 134 Å². The normalized spacial score (nSPS) is 13.2. The second-order valence-corrected chi connectivity index (χ2v) is 16.7. The fourth-order valence-electron chi connectivity index (χ4n) is 6.53. The minimum absolute atomic E-state index is 0.109. The van der Waals surface area contributed by atoms with E-state index >= 15 is 0 Å². The summed E-state index contributed by atoms with van der Waals surface area (Å²) in [5.41, 5.74) is 0. The van der Waals surface area contributed by atoms with Crippen molar-refractivity contribution in [3.05, 3.63) is 134 Å². The molecule has 0 amide bonds. The van der Waals surface area contributed by atoms with Gasteiger partial charge in [0, 0.05) is 19.3 Å². The number of hydrogen-bond acceptors (Lipinski definition) is 6. The first kappa shape index (κ1) is 61.5. The number of hydrogen-bond donors (Lipinski definition) is 0. The van der Waals surface area contributed by atoms with Crippen molar-refractivity contribution in [1.82, 2.24) is 0 Å². The molecule has 0 aromatic heterocycles. The molecule has 0 aliphatic heterocycles. The number of ether oxygens (including phenoxy) is 3. The second kappa shape index (κ2) is 53.2. The fourth-order valence-corrected chi connectivity index (χ4v) is 6.53. The number of unbranched alkanes of at least 4 members (excludes halogenated alkanes) is 12. The molecule has 0 spiro atoms. The van der Waals surface area contributed by atoms with Gasteiger partial charge in [0.2, 0.25) is 0 Å². The number of rotatable bonds is 45. The monoisotopic (exact) mass is 911 g/mol. The van der Waals surface area contributed by atoms with Crippen molar-refractivity contribution in [3.8, 4) is 0 Å². The third-order valence-corrected chi connectivity index (χ3v) is 10.4. The van der Waals surface area contributed by atoms with Crippen LogP contribution >= 0.6 is 0 Å². The summed E-state index contributed by atoms with van der Waals surface area (Å²) in [5, 5.41) is 0. The predicted molar refractivity (Wildman–Crippen MR) is 283 cm³/mol. The summed E-state index contributed by atoms with van der Waals surface area (Å²) < 4.78 is 16.7. The molecule has 0 heterocycles. The van der Waals surface area contributed by atoms with Crippen molar-refractivity contribution in [2.24, 2.45) is 0 Å². The number of allylic oxidation sites excluding steroid dienone is 22. The molecule has 0 N–H and O–H groups in total. The summed E-state index contributed by atoms with van der Waals surface area (Å²) in [7, 11) is 0. The van der Waals surface area contributed by atoms with Crippen molar-refractivity contribution in [2.75, 3.05) is 13.2 Å². The zero-order valence-corrected chi connectivity index (χ0v) is 42.1. The summed E-state index contributed by atoms with van der Waals surface area (Å²) in [6.07, 6.45) is 74.5. The lowest BCUT2D eigenvalue weighted by Gasteiger charge is -2.18. The zero-order valence-electron chi connectivity index (χ0n) is 42.1. The first-order valence-electron chi connectivity index (χ1n) is 26.2. The molecule has 0 saturated carbocycles. The van der Waals surface area contributed by atoms with Gasteiger partial charge in [0.25, 0.3) is 0 Å². The van der Waals surface area contributed by atoms with Crippen molar-refractivity contribution in [1.29, 1.82) is 0 Å². The van der Waals surface area contributed by atoms with Gasteiger partial charge in [-0.25, -0.2) is 0 Å². The highest BCUT2D eigenvalue weighted by molar-refractivity contribution is 5.71. The largest absolute Gasteiger partial charge is 0.462 e. The molecule has 0 bridgehead atoms. The summed E-state index contributed by atoms with van der Waals surface area (Å²) in [4.78, 5) is 37.8. The van der Waals surface area contributed by atoms with Gasteiger partial charge in [0.05, 0.1) is 0 Å². The summed E-state index contributed by atoms with van der Waals surface area (Å²) in [6, 6.07) is 0. The Bertz CT molecular complexity index is 1460. The molecule has 0 fully saturated rings. The molecule has 0 aliphatic rings. The summed E-state index contributed by atoms with van der Waals surface area (Å²) in [5.74, 6) is -1.00. The van der Waals surface area contributed by atoms with Gasteiger partial charge in [-0.3, -0.25) is 14.4 Å². The van der Waals surface area contributed by atoms with Crippen molar-refractivity contribution < 1.29 is 28.6 Å². The first-order chi connectivity index (χ1) is 32.5. The van der Waals surface area contributed by atoms with Crippen LogP contribution in [0.4, 0.5) is 0 Å². The third kappa shape index (κ3) is 50.5. The molecule has 6 nitrogen and oxygen atoms in total. The van der Waals surface area contributed by atoms with Crippen LogP contribution in [0.5, 0.6) is 0 Å². The maximum Gasteiger partial charge on any atom is 0.306 e. The van der Waals surface area contributed by atoms with E-state index in [0.29, 0.717) is 19.3 Å². The van der Waals surface area contributed by atoms with Gasteiger partial charge in [0.1, 0.15) is 13.2 Å². The molecular weight excluding hydrogens is 817 g/mol. The van der Waals surface area contributed by atoms with E-state index in [1.165, 1.54) is 32.1 Å². The van der Waals surface area contributed by atoms with Crippen LogP contribution in [0, 0.1) is 0 Å². The molecule has 1 unspecified atom stereocenters. The van der Waals surface area contributed by atoms with Gasteiger partial charge in [-0.15, -0.1) is 0 Å². The number of esters is 3. The Morgan fingerprint density at radius 3 is 0.955 bits per heavy atom. The van der Waals surface area contributed by atoms with Crippen LogP contribution in [-0.2, 0) is 28.6 Å². The predicted octanol–water partition coefficient (Wildman–Crippen LogP) is 17.5. The van der Waals surface area contributed by atoms with Crippen LogP contribution in [0.2, 0.25) is 0 Å². The fraction of sp³-hybridized carbons (Fsp3) is 0.583. The molecule has 0 saturated heterocycles. The van der Waals surface area contributed by atoms with Gasteiger partial charge in [0.15, 0.2) is 6.10 Å². The van der Waals surface area contributed by atoms with E-state index in [4.69, 9.17) is 14.2 Å². The lowest BCUT2D eigenvalue weighted by molar-refractivity contribution is -0.167. The SMILES string of the molecule is CC/C=C\C/C=C\C/C=C\C/C=C\C/C=C\C/C=C\C/C=C\CCCCCC(=O)OCC(COC(=O)CCCCCCCCCC)OC(=O)CCCC/C=C\C/C=C\C/C=C\C/C=C\CC. The topological polar surface area (TPSA) is 78.9 Å². The van der Waals surface area contributed by atoms with Crippen molar-refractivity contribution >= 4 is 17.9 Å². The second-order valence-electron chi connectivity index (χ2n) is 16.7. The van der Waals surface area contributed by atoms with E-state index in [-0.39, 0.29) is 37.5 Å². The average molecular weight is 911 g/mol. The smallest absolute Gasteiger partial charge is 0.306 e. The van der Waals surface area contributed by atoms with Gasteiger partial charge >= 0.3 is 17.9 Å². The van der Waals surface area contributed by atoms with Gasteiger partial charge in [-0.2, -0.15) is 0 Å². The van der Waals surface area contributed by atoms with E-state index < -0.39 is 6.10 Å². The van der Waals surface area contributed by atoms with Crippen molar-refractivity contribution in [2.45, 2.75) is 213 Å². The molecular formula is C60H94O6. The highest BCUT2D eigenvalue weighted by Crippen LogP contribution is 2.12. The van der Waals surface area contributed by atoms with E-state index in [9.17, 15) is 14.4 Å². The maximum absolute atomic E-state index is 12.8. The third-order valence-electron chi connectivity index (χ3n) is 10.4. The van der Waals surface area contributed by atoms with Crippen LogP contribution in [0.1, 0.15) is 207 Å². The van der Waals surface area contributed by atoms with Crippen LogP contribution in [0.25, 0.3) is 0 Å². The summed E-state index contributed by atoms with van der Waals surface area (Å²) >= 11 is 0. The van der Waals surface area contributed by atoms with Crippen molar-refractivity contribution in [3.63, 3.8) is 0 Å². The highest BCUT2D eigenvalue weighted by atomic mass is 16.6. The van der Waals surface area contributed by atoms with Gasteiger partial charge < -0.3 is 14.2 Å².